The van der Waals surface area contributed by atoms with Gasteiger partial charge in [0.25, 0.3) is 0 Å². The Morgan fingerprint density at radius 2 is 1.81 bits per heavy atom. The molecule has 0 spiro atoms. The predicted octanol–water partition coefficient (Wildman–Crippen LogP) is 4.23. The molecule has 0 fully saturated rings. The van der Waals surface area contributed by atoms with E-state index in [1.54, 1.807) is 49.4 Å². The van der Waals surface area contributed by atoms with Gasteiger partial charge in [-0.2, -0.15) is 0 Å². The van der Waals surface area contributed by atoms with Gasteiger partial charge in [0, 0.05) is 10.0 Å². The molecule has 5 heteroatoms. The number of rotatable bonds is 5. The summed E-state index contributed by atoms with van der Waals surface area (Å²) in [6.07, 6.45) is 0.766. The summed E-state index contributed by atoms with van der Waals surface area (Å²) < 4.78 is 11.2. The van der Waals surface area contributed by atoms with Crippen LogP contribution in [0.15, 0.2) is 46.9 Å². The molecule has 0 aliphatic carbocycles. The number of aldehydes is 1. The van der Waals surface area contributed by atoms with Gasteiger partial charge in [-0.25, -0.2) is 4.79 Å². The number of benzene rings is 2. The number of esters is 1. The summed E-state index contributed by atoms with van der Waals surface area (Å²) in [5.41, 5.74) is 1.03. The molecule has 0 saturated carbocycles. The molecule has 0 heterocycles. The van der Waals surface area contributed by atoms with E-state index < -0.39 is 0 Å². The first-order chi connectivity index (χ1) is 10.1. The standard InChI is InChI=1S/C16H13BrO4/c1-2-20-16(19)11-3-6-13(7-4-11)21-14-8-5-12(10-18)15(17)9-14/h3-10H,2H2,1H3. The van der Waals surface area contributed by atoms with Crippen LogP contribution in [0.5, 0.6) is 11.5 Å². The highest BCUT2D eigenvalue weighted by Crippen LogP contribution is 2.26. The van der Waals surface area contributed by atoms with Crippen molar-refractivity contribution in [2.24, 2.45) is 0 Å². The van der Waals surface area contributed by atoms with Crippen LogP contribution in [0, 0.1) is 0 Å². The molecule has 21 heavy (non-hydrogen) atoms. The summed E-state index contributed by atoms with van der Waals surface area (Å²) in [6, 6.07) is 11.7. The van der Waals surface area contributed by atoms with E-state index in [0.29, 0.717) is 33.7 Å². The molecule has 0 aliphatic heterocycles. The van der Waals surface area contributed by atoms with Crippen molar-refractivity contribution in [3.05, 3.63) is 58.1 Å². The number of carbonyl (C=O) groups excluding carboxylic acids is 2. The summed E-state index contributed by atoms with van der Waals surface area (Å²) >= 11 is 3.30. The lowest BCUT2D eigenvalue weighted by atomic mass is 10.2. The highest BCUT2D eigenvalue weighted by molar-refractivity contribution is 9.10. The lowest BCUT2D eigenvalue weighted by Gasteiger charge is -2.08. The molecule has 2 rings (SSSR count). The Hall–Kier alpha value is -2.14. The smallest absolute Gasteiger partial charge is 0.338 e. The molecule has 0 saturated heterocycles. The second-order valence-electron chi connectivity index (χ2n) is 4.15. The average Bonchev–Trinajstić information content (AvgIpc) is 2.48. The summed E-state index contributed by atoms with van der Waals surface area (Å²) in [6.45, 7) is 2.10. The predicted molar refractivity (Wildman–Crippen MR) is 82.0 cm³/mol. The van der Waals surface area contributed by atoms with E-state index in [4.69, 9.17) is 9.47 Å². The van der Waals surface area contributed by atoms with Crippen molar-refractivity contribution in [3.63, 3.8) is 0 Å². The number of hydrogen-bond acceptors (Lipinski definition) is 4. The van der Waals surface area contributed by atoms with Crippen LogP contribution < -0.4 is 4.74 Å². The Kier molecular flexibility index (Phi) is 5.11. The van der Waals surface area contributed by atoms with Crippen molar-refractivity contribution in [3.8, 4) is 11.5 Å². The fraction of sp³-hybridized carbons (Fsp3) is 0.125. The van der Waals surface area contributed by atoms with Crippen LogP contribution in [0.4, 0.5) is 0 Å². The second-order valence-corrected chi connectivity index (χ2v) is 5.00. The summed E-state index contributed by atoms with van der Waals surface area (Å²) in [7, 11) is 0. The quantitative estimate of drug-likeness (QED) is 0.599. The van der Waals surface area contributed by atoms with Crippen molar-refractivity contribution < 1.29 is 19.1 Å². The van der Waals surface area contributed by atoms with E-state index in [9.17, 15) is 9.59 Å². The van der Waals surface area contributed by atoms with Crippen molar-refractivity contribution in [1.82, 2.24) is 0 Å². The van der Waals surface area contributed by atoms with E-state index in [-0.39, 0.29) is 5.97 Å². The Labute approximate surface area is 130 Å². The van der Waals surface area contributed by atoms with Crippen molar-refractivity contribution in [2.45, 2.75) is 6.92 Å². The molecular formula is C16H13BrO4. The molecule has 0 atom stereocenters. The number of halogens is 1. The maximum atomic E-state index is 11.5. The first-order valence-corrected chi connectivity index (χ1v) is 7.13. The fourth-order valence-electron chi connectivity index (χ4n) is 1.68. The van der Waals surface area contributed by atoms with Gasteiger partial charge in [-0.05, 0) is 65.3 Å². The Morgan fingerprint density at radius 1 is 1.14 bits per heavy atom. The average molecular weight is 349 g/mol. The normalized spacial score (nSPS) is 10.0. The van der Waals surface area contributed by atoms with Crippen molar-refractivity contribution in [2.75, 3.05) is 6.61 Å². The van der Waals surface area contributed by atoms with Gasteiger partial charge in [0.1, 0.15) is 11.5 Å². The molecule has 0 amide bonds. The van der Waals surface area contributed by atoms with Crippen molar-refractivity contribution >= 4 is 28.2 Å². The van der Waals surface area contributed by atoms with Gasteiger partial charge in [-0.1, -0.05) is 0 Å². The van der Waals surface area contributed by atoms with Crippen LogP contribution in [0.1, 0.15) is 27.6 Å². The lowest BCUT2D eigenvalue weighted by Crippen LogP contribution is -2.03. The highest BCUT2D eigenvalue weighted by atomic mass is 79.9. The molecule has 2 aromatic rings. The molecule has 0 bridgehead atoms. The molecule has 2 aromatic carbocycles. The monoisotopic (exact) mass is 348 g/mol. The van der Waals surface area contributed by atoms with Gasteiger partial charge in [0.2, 0.25) is 0 Å². The first-order valence-electron chi connectivity index (χ1n) is 6.34. The SMILES string of the molecule is CCOC(=O)c1ccc(Oc2ccc(C=O)c(Br)c2)cc1. The third-order valence-corrected chi connectivity index (χ3v) is 3.39. The molecule has 0 N–H and O–H groups in total. The fourth-order valence-corrected chi connectivity index (χ4v) is 2.13. The third kappa shape index (κ3) is 3.92. The largest absolute Gasteiger partial charge is 0.462 e. The molecule has 0 radical (unpaired) electrons. The van der Waals surface area contributed by atoms with E-state index in [0.717, 1.165) is 6.29 Å². The highest BCUT2D eigenvalue weighted by Gasteiger charge is 2.07. The summed E-state index contributed by atoms with van der Waals surface area (Å²) in [5.74, 6) is 0.826. The minimum atomic E-state index is -0.359. The Balaban J connectivity index is 2.11. The van der Waals surface area contributed by atoms with E-state index >= 15 is 0 Å². The van der Waals surface area contributed by atoms with Crippen LogP contribution in [0.2, 0.25) is 0 Å². The van der Waals surface area contributed by atoms with Crippen molar-refractivity contribution in [1.29, 1.82) is 0 Å². The van der Waals surface area contributed by atoms with Gasteiger partial charge in [-0.15, -0.1) is 0 Å². The Bertz CT molecular complexity index is 650. The minimum absolute atomic E-state index is 0.341. The number of carbonyl (C=O) groups is 2. The number of ether oxygens (including phenoxy) is 2. The van der Waals surface area contributed by atoms with Gasteiger partial charge < -0.3 is 9.47 Å². The van der Waals surface area contributed by atoms with Gasteiger partial charge in [0.15, 0.2) is 6.29 Å². The maximum absolute atomic E-state index is 11.5. The summed E-state index contributed by atoms with van der Waals surface area (Å²) in [4.78, 5) is 22.3. The zero-order valence-corrected chi connectivity index (χ0v) is 12.9. The van der Waals surface area contributed by atoms with Crippen LogP contribution in [0.3, 0.4) is 0 Å². The van der Waals surface area contributed by atoms with Crippen LogP contribution in [-0.2, 0) is 4.74 Å². The minimum Gasteiger partial charge on any atom is -0.462 e. The molecule has 0 aromatic heterocycles. The van der Waals surface area contributed by atoms with E-state index in [1.807, 2.05) is 0 Å². The second kappa shape index (κ2) is 7.04. The van der Waals surface area contributed by atoms with Gasteiger partial charge in [-0.3, -0.25) is 4.79 Å². The van der Waals surface area contributed by atoms with E-state index in [1.165, 1.54) is 0 Å². The van der Waals surface area contributed by atoms with Crippen LogP contribution in [-0.4, -0.2) is 18.9 Å². The Morgan fingerprint density at radius 3 is 2.38 bits per heavy atom. The molecule has 0 unspecified atom stereocenters. The van der Waals surface area contributed by atoms with Crippen LogP contribution in [0.25, 0.3) is 0 Å². The van der Waals surface area contributed by atoms with E-state index in [2.05, 4.69) is 15.9 Å². The number of hydrogen-bond donors (Lipinski definition) is 0. The topological polar surface area (TPSA) is 52.6 Å². The van der Waals surface area contributed by atoms with Gasteiger partial charge in [0.05, 0.1) is 12.2 Å². The molecule has 108 valence electrons. The van der Waals surface area contributed by atoms with Gasteiger partial charge >= 0.3 is 5.97 Å². The molecule has 0 aliphatic rings. The maximum Gasteiger partial charge on any atom is 0.338 e. The summed E-state index contributed by atoms with van der Waals surface area (Å²) in [5, 5.41) is 0. The molecule has 4 nitrogen and oxygen atoms in total. The first kappa shape index (κ1) is 15.3. The third-order valence-electron chi connectivity index (χ3n) is 2.70. The lowest BCUT2D eigenvalue weighted by molar-refractivity contribution is 0.0526. The zero-order chi connectivity index (χ0) is 15.2. The molecular weight excluding hydrogens is 336 g/mol. The zero-order valence-electron chi connectivity index (χ0n) is 11.3. The van der Waals surface area contributed by atoms with Crippen LogP contribution >= 0.6 is 15.9 Å².